The van der Waals surface area contributed by atoms with E-state index in [1.807, 2.05) is 12.1 Å². The maximum atomic E-state index is 12.5. The van der Waals surface area contributed by atoms with E-state index >= 15 is 0 Å². The van der Waals surface area contributed by atoms with E-state index in [9.17, 15) is 13.2 Å². The molecule has 2 aromatic carbocycles. The molecule has 0 aliphatic carbocycles. The summed E-state index contributed by atoms with van der Waals surface area (Å²) in [5, 5.41) is 3.32. The Hall–Kier alpha value is -1.97. The quantitative estimate of drug-likeness (QED) is 0.673. The Labute approximate surface area is 175 Å². The van der Waals surface area contributed by atoms with Crippen LogP contribution < -0.4 is 19.5 Å². The van der Waals surface area contributed by atoms with E-state index in [1.165, 1.54) is 12.1 Å². The Balaban J connectivity index is 2.02. The summed E-state index contributed by atoms with van der Waals surface area (Å²) in [5.41, 5.74) is 1.78. The highest BCUT2D eigenvalue weighted by Crippen LogP contribution is 2.40. The molecule has 158 valence electrons. The number of halogens is 4. The van der Waals surface area contributed by atoms with Gasteiger partial charge in [0.05, 0.1) is 20.3 Å². The molecule has 0 amide bonds. The molecular formula is C20H22BrF3N2O3. The predicted molar refractivity (Wildman–Crippen MR) is 107 cm³/mol. The lowest BCUT2D eigenvalue weighted by molar-refractivity contribution is -0.274. The molecular weight excluding hydrogens is 453 g/mol. The molecule has 0 aromatic heterocycles. The molecule has 1 aliphatic heterocycles. The number of alkyl halides is 3. The first-order chi connectivity index (χ1) is 13.8. The Bertz CT molecular complexity index is 800. The molecule has 1 saturated heterocycles. The van der Waals surface area contributed by atoms with Gasteiger partial charge in [0.1, 0.15) is 21.7 Å². The van der Waals surface area contributed by atoms with E-state index in [4.69, 9.17) is 9.47 Å². The van der Waals surface area contributed by atoms with Crippen LogP contribution in [0.1, 0.15) is 17.2 Å². The van der Waals surface area contributed by atoms with Crippen molar-refractivity contribution in [1.29, 1.82) is 0 Å². The van der Waals surface area contributed by atoms with E-state index in [-0.39, 0.29) is 11.8 Å². The van der Waals surface area contributed by atoms with Crippen LogP contribution in [0.25, 0.3) is 0 Å². The minimum Gasteiger partial charge on any atom is -0.495 e. The van der Waals surface area contributed by atoms with Crippen LogP contribution in [0, 0.1) is 0 Å². The third-order valence-electron chi connectivity index (χ3n) is 4.73. The largest absolute Gasteiger partial charge is 0.573 e. The van der Waals surface area contributed by atoms with Crippen LogP contribution in [-0.4, -0.2) is 51.7 Å². The van der Waals surface area contributed by atoms with E-state index in [1.54, 1.807) is 26.4 Å². The van der Waals surface area contributed by atoms with Gasteiger partial charge in [0.15, 0.2) is 0 Å². The van der Waals surface area contributed by atoms with Crippen LogP contribution in [0.15, 0.2) is 40.9 Å². The lowest BCUT2D eigenvalue weighted by Crippen LogP contribution is -2.45. The molecule has 5 nitrogen and oxygen atoms in total. The fraction of sp³-hybridized carbons (Fsp3) is 0.400. The van der Waals surface area contributed by atoms with Gasteiger partial charge in [0, 0.05) is 26.2 Å². The van der Waals surface area contributed by atoms with Crippen molar-refractivity contribution in [2.75, 3.05) is 40.4 Å². The second-order valence-corrected chi connectivity index (χ2v) is 7.34. The molecule has 1 aliphatic rings. The summed E-state index contributed by atoms with van der Waals surface area (Å²) in [6.45, 7) is 3.26. The Morgan fingerprint density at radius 2 is 1.52 bits per heavy atom. The monoisotopic (exact) mass is 474 g/mol. The summed E-state index contributed by atoms with van der Waals surface area (Å²) in [7, 11) is 3.15. The van der Waals surface area contributed by atoms with E-state index in [0.717, 1.165) is 37.3 Å². The fourth-order valence-electron chi connectivity index (χ4n) is 3.45. The fourth-order valence-corrected chi connectivity index (χ4v) is 4.01. The van der Waals surface area contributed by atoms with Crippen LogP contribution in [0.5, 0.6) is 17.2 Å². The first-order valence-corrected chi connectivity index (χ1v) is 9.83. The maximum absolute atomic E-state index is 12.5. The average molecular weight is 475 g/mol. The number of nitrogens with one attached hydrogen (secondary N) is 1. The van der Waals surface area contributed by atoms with Gasteiger partial charge in [-0.15, -0.1) is 13.2 Å². The topological polar surface area (TPSA) is 43.0 Å². The molecule has 1 fully saturated rings. The Morgan fingerprint density at radius 3 is 2.00 bits per heavy atom. The van der Waals surface area contributed by atoms with Crippen LogP contribution in [0.2, 0.25) is 0 Å². The van der Waals surface area contributed by atoms with Crippen molar-refractivity contribution in [2.24, 2.45) is 0 Å². The van der Waals surface area contributed by atoms with Crippen molar-refractivity contribution in [3.05, 3.63) is 52.0 Å². The summed E-state index contributed by atoms with van der Waals surface area (Å²) < 4.78 is 53.1. The van der Waals surface area contributed by atoms with E-state index in [0.29, 0.717) is 16.0 Å². The number of hydrogen-bond donors (Lipinski definition) is 1. The van der Waals surface area contributed by atoms with Gasteiger partial charge in [-0.25, -0.2) is 0 Å². The summed E-state index contributed by atoms with van der Waals surface area (Å²) in [6, 6.07) is 9.66. The number of hydrogen-bond acceptors (Lipinski definition) is 5. The van der Waals surface area contributed by atoms with Gasteiger partial charge < -0.3 is 19.5 Å². The van der Waals surface area contributed by atoms with E-state index in [2.05, 4.69) is 30.9 Å². The van der Waals surface area contributed by atoms with Gasteiger partial charge in [-0.05, 0) is 51.3 Å². The van der Waals surface area contributed by atoms with Crippen molar-refractivity contribution in [3.63, 3.8) is 0 Å². The first kappa shape index (κ1) is 21.7. The summed E-state index contributed by atoms with van der Waals surface area (Å²) >= 11 is 3.48. The molecule has 0 unspecified atom stereocenters. The number of rotatable bonds is 6. The number of ether oxygens (including phenoxy) is 3. The molecule has 0 saturated carbocycles. The molecule has 1 atom stereocenters. The molecule has 0 bridgehead atoms. The van der Waals surface area contributed by atoms with Crippen molar-refractivity contribution < 1.29 is 27.4 Å². The van der Waals surface area contributed by atoms with Gasteiger partial charge in [-0.2, -0.15) is 0 Å². The smallest absolute Gasteiger partial charge is 0.495 e. The van der Waals surface area contributed by atoms with Gasteiger partial charge in [0.25, 0.3) is 0 Å². The lowest BCUT2D eigenvalue weighted by Gasteiger charge is -2.36. The minimum atomic E-state index is -4.72. The van der Waals surface area contributed by atoms with Gasteiger partial charge in [-0.3, -0.25) is 4.90 Å². The van der Waals surface area contributed by atoms with Gasteiger partial charge in [0.2, 0.25) is 0 Å². The van der Waals surface area contributed by atoms with E-state index < -0.39 is 6.36 Å². The highest BCUT2D eigenvalue weighted by molar-refractivity contribution is 9.10. The zero-order valence-corrected chi connectivity index (χ0v) is 17.6. The third-order valence-corrected chi connectivity index (χ3v) is 5.51. The Morgan fingerprint density at radius 1 is 0.966 bits per heavy atom. The van der Waals surface area contributed by atoms with Crippen LogP contribution in [0.3, 0.4) is 0 Å². The number of nitrogens with zero attached hydrogens (tertiary/aromatic N) is 1. The average Bonchev–Trinajstić information content (AvgIpc) is 2.70. The van der Waals surface area contributed by atoms with Crippen molar-refractivity contribution in [2.45, 2.75) is 12.4 Å². The number of piperazine rings is 1. The molecule has 3 rings (SSSR count). The van der Waals surface area contributed by atoms with Crippen molar-refractivity contribution in [3.8, 4) is 17.2 Å². The highest BCUT2D eigenvalue weighted by atomic mass is 79.9. The van der Waals surface area contributed by atoms with Crippen molar-refractivity contribution in [1.82, 2.24) is 10.2 Å². The second-order valence-electron chi connectivity index (χ2n) is 6.54. The van der Waals surface area contributed by atoms with Crippen LogP contribution in [0.4, 0.5) is 13.2 Å². The SMILES string of the molecule is COc1cc([C@H](c2ccc(OC(F)(F)F)cc2)N2CCNCC2)cc(OC)c1Br. The molecule has 9 heteroatoms. The molecule has 2 aromatic rings. The zero-order chi connectivity index (χ0) is 21.0. The van der Waals surface area contributed by atoms with Crippen LogP contribution in [-0.2, 0) is 0 Å². The molecule has 0 radical (unpaired) electrons. The Kier molecular flexibility index (Phi) is 6.92. The molecule has 0 spiro atoms. The molecule has 1 N–H and O–H groups in total. The summed E-state index contributed by atoms with van der Waals surface area (Å²) in [5.74, 6) is 0.999. The van der Waals surface area contributed by atoms with Gasteiger partial charge >= 0.3 is 6.36 Å². The van der Waals surface area contributed by atoms with Crippen LogP contribution >= 0.6 is 15.9 Å². The second kappa shape index (κ2) is 9.23. The molecule has 29 heavy (non-hydrogen) atoms. The van der Waals surface area contributed by atoms with Crippen molar-refractivity contribution >= 4 is 15.9 Å². The van der Waals surface area contributed by atoms with Gasteiger partial charge in [-0.1, -0.05) is 12.1 Å². The number of methoxy groups -OCH3 is 2. The predicted octanol–water partition coefficient (Wildman–Crippen LogP) is 4.36. The highest BCUT2D eigenvalue weighted by Gasteiger charge is 2.31. The lowest BCUT2D eigenvalue weighted by atomic mass is 9.95. The normalized spacial score (nSPS) is 16.3. The minimum absolute atomic E-state index is 0.173. The first-order valence-electron chi connectivity index (χ1n) is 9.04. The maximum Gasteiger partial charge on any atom is 0.573 e. The summed E-state index contributed by atoms with van der Waals surface area (Å²) in [4.78, 5) is 2.28. The third kappa shape index (κ3) is 5.34. The standard InChI is InChI=1S/C20H22BrF3N2O3/c1-27-16-11-14(12-17(28-2)18(16)21)19(26-9-7-25-8-10-26)13-3-5-15(6-4-13)29-20(22,23)24/h3-6,11-12,19,25H,7-10H2,1-2H3/t19-/m0/s1. The number of benzene rings is 2. The molecule has 1 heterocycles. The summed E-state index contributed by atoms with van der Waals surface area (Å²) in [6.07, 6.45) is -4.72. The zero-order valence-electron chi connectivity index (χ0n) is 16.1.